The van der Waals surface area contributed by atoms with E-state index in [1.165, 1.54) is 24.3 Å². The van der Waals surface area contributed by atoms with Crippen LogP contribution in [0.1, 0.15) is 23.0 Å². The second kappa shape index (κ2) is 5.80. The third-order valence-electron chi connectivity index (χ3n) is 3.15. The summed E-state index contributed by atoms with van der Waals surface area (Å²) in [6.07, 6.45) is 1.61. The molecule has 0 saturated carbocycles. The highest BCUT2D eigenvalue weighted by Crippen LogP contribution is 2.12. The van der Waals surface area contributed by atoms with E-state index in [4.69, 9.17) is 4.42 Å². The molecule has 0 saturated heterocycles. The Labute approximate surface area is 111 Å². The van der Waals surface area contributed by atoms with Gasteiger partial charge in [-0.25, -0.2) is 4.39 Å². The number of ketones is 1. The van der Waals surface area contributed by atoms with E-state index in [1.54, 1.807) is 6.26 Å². The van der Waals surface area contributed by atoms with Gasteiger partial charge in [-0.3, -0.25) is 9.69 Å². The molecule has 2 aromatic rings. The SMILES string of the molecule is CC(C(=O)c1ccc(F)cc1)N(C)Cc1ccco1. The fourth-order valence-corrected chi connectivity index (χ4v) is 1.84. The van der Waals surface area contributed by atoms with Gasteiger partial charge in [-0.2, -0.15) is 0 Å². The number of hydrogen-bond acceptors (Lipinski definition) is 3. The number of nitrogens with zero attached hydrogens (tertiary/aromatic N) is 1. The number of furan rings is 1. The molecule has 1 atom stereocenters. The Bertz CT molecular complexity index is 534. The zero-order valence-corrected chi connectivity index (χ0v) is 11.0. The van der Waals surface area contributed by atoms with Crippen molar-refractivity contribution in [3.63, 3.8) is 0 Å². The molecule has 3 nitrogen and oxygen atoms in total. The minimum Gasteiger partial charge on any atom is -0.468 e. The summed E-state index contributed by atoms with van der Waals surface area (Å²) in [7, 11) is 1.86. The second-order valence-corrected chi connectivity index (χ2v) is 4.54. The van der Waals surface area contributed by atoms with Crippen LogP contribution < -0.4 is 0 Å². The average Bonchev–Trinajstić information content (AvgIpc) is 2.90. The van der Waals surface area contributed by atoms with Gasteiger partial charge in [-0.1, -0.05) is 0 Å². The largest absolute Gasteiger partial charge is 0.468 e. The zero-order chi connectivity index (χ0) is 13.8. The first-order valence-electron chi connectivity index (χ1n) is 6.10. The zero-order valence-electron chi connectivity index (χ0n) is 11.0. The van der Waals surface area contributed by atoms with Gasteiger partial charge >= 0.3 is 0 Å². The minimum atomic E-state index is -0.340. The molecule has 1 aromatic carbocycles. The standard InChI is InChI=1S/C15H16FNO2/c1-11(17(2)10-14-4-3-9-19-14)15(18)12-5-7-13(16)8-6-12/h3-9,11H,10H2,1-2H3. The maximum absolute atomic E-state index is 12.8. The molecule has 4 heteroatoms. The summed E-state index contributed by atoms with van der Waals surface area (Å²) in [5.74, 6) is 0.434. The summed E-state index contributed by atoms with van der Waals surface area (Å²) < 4.78 is 18.1. The topological polar surface area (TPSA) is 33.5 Å². The van der Waals surface area contributed by atoms with Gasteiger partial charge < -0.3 is 4.42 Å². The van der Waals surface area contributed by atoms with E-state index in [0.29, 0.717) is 12.1 Å². The first-order valence-corrected chi connectivity index (χ1v) is 6.10. The number of likely N-dealkylation sites (N-methyl/N-ethyl adjacent to an activating group) is 1. The van der Waals surface area contributed by atoms with Gasteiger partial charge in [0, 0.05) is 5.56 Å². The molecule has 1 aromatic heterocycles. The Kier molecular flexibility index (Phi) is 4.12. The lowest BCUT2D eigenvalue weighted by atomic mass is 10.0. The molecular weight excluding hydrogens is 245 g/mol. The highest BCUT2D eigenvalue weighted by molar-refractivity contribution is 5.99. The van der Waals surface area contributed by atoms with Gasteiger partial charge in [0.15, 0.2) is 5.78 Å². The van der Waals surface area contributed by atoms with Crippen molar-refractivity contribution in [2.75, 3.05) is 7.05 Å². The van der Waals surface area contributed by atoms with Crippen LogP contribution in [0, 0.1) is 5.82 Å². The van der Waals surface area contributed by atoms with Crippen molar-refractivity contribution >= 4 is 5.78 Å². The van der Waals surface area contributed by atoms with E-state index in [9.17, 15) is 9.18 Å². The highest BCUT2D eigenvalue weighted by atomic mass is 19.1. The molecule has 1 heterocycles. The summed E-state index contributed by atoms with van der Waals surface area (Å²) in [5.41, 5.74) is 0.514. The van der Waals surface area contributed by atoms with Crippen LogP contribution in [0.25, 0.3) is 0 Å². The van der Waals surface area contributed by atoms with Crippen molar-refractivity contribution in [1.29, 1.82) is 0 Å². The molecule has 2 rings (SSSR count). The third-order valence-corrected chi connectivity index (χ3v) is 3.15. The molecule has 0 radical (unpaired) electrons. The normalized spacial score (nSPS) is 12.6. The Morgan fingerprint density at radius 2 is 2.00 bits per heavy atom. The van der Waals surface area contributed by atoms with E-state index >= 15 is 0 Å². The Morgan fingerprint density at radius 3 is 2.58 bits per heavy atom. The number of Topliss-reactive ketones (excluding diaryl/α,β-unsaturated/α-hetero) is 1. The smallest absolute Gasteiger partial charge is 0.179 e. The van der Waals surface area contributed by atoms with Crippen LogP contribution in [0.4, 0.5) is 4.39 Å². The fraction of sp³-hybridized carbons (Fsp3) is 0.267. The lowest BCUT2D eigenvalue weighted by molar-refractivity contribution is 0.0855. The molecule has 0 amide bonds. The second-order valence-electron chi connectivity index (χ2n) is 4.54. The van der Waals surface area contributed by atoms with Gasteiger partial charge in [-0.15, -0.1) is 0 Å². The highest BCUT2D eigenvalue weighted by Gasteiger charge is 2.20. The Hall–Kier alpha value is -1.94. The van der Waals surface area contributed by atoms with Gasteiger partial charge in [0.1, 0.15) is 11.6 Å². The van der Waals surface area contributed by atoms with Crippen LogP contribution in [-0.4, -0.2) is 23.8 Å². The van der Waals surface area contributed by atoms with Crippen LogP contribution in [0.3, 0.4) is 0 Å². The predicted octanol–water partition coefficient (Wildman–Crippen LogP) is 3.12. The Morgan fingerprint density at radius 1 is 1.32 bits per heavy atom. The molecular formula is C15H16FNO2. The van der Waals surface area contributed by atoms with Crippen LogP contribution in [0.15, 0.2) is 47.1 Å². The van der Waals surface area contributed by atoms with Crippen molar-refractivity contribution < 1.29 is 13.6 Å². The van der Waals surface area contributed by atoms with Gasteiger partial charge in [-0.05, 0) is 50.4 Å². The average molecular weight is 261 g/mol. The van der Waals surface area contributed by atoms with Gasteiger partial charge in [0.2, 0.25) is 0 Å². The minimum absolute atomic E-state index is 0.0333. The molecule has 0 fully saturated rings. The lowest BCUT2D eigenvalue weighted by Gasteiger charge is -2.22. The van der Waals surface area contributed by atoms with Crippen molar-refractivity contribution in [3.05, 3.63) is 59.8 Å². The van der Waals surface area contributed by atoms with Crippen LogP contribution in [-0.2, 0) is 6.54 Å². The molecule has 0 aliphatic heterocycles. The van der Waals surface area contributed by atoms with Gasteiger partial charge in [0.05, 0.1) is 18.8 Å². The molecule has 100 valence electrons. The monoisotopic (exact) mass is 261 g/mol. The molecule has 0 spiro atoms. The number of carbonyl (C=O) groups is 1. The van der Waals surface area contributed by atoms with Crippen molar-refractivity contribution in [2.24, 2.45) is 0 Å². The quantitative estimate of drug-likeness (QED) is 0.775. The fourth-order valence-electron chi connectivity index (χ4n) is 1.84. The van der Waals surface area contributed by atoms with E-state index in [1.807, 2.05) is 31.0 Å². The van der Waals surface area contributed by atoms with Crippen molar-refractivity contribution in [1.82, 2.24) is 4.90 Å². The first kappa shape index (κ1) is 13.5. The maximum Gasteiger partial charge on any atom is 0.179 e. The van der Waals surface area contributed by atoms with Crippen LogP contribution in [0.5, 0.6) is 0 Å². The number of halogens is 1. The molecule has 0 aliphatic rings. The number of carbonyl (C=O) groups excluding carboxylic acids is 1. The summed E-state index contributed by atoms with van der Waals surface area (Å²) in [5, 5.41) is 0. The van der Waals surface area contributed by atoms with E-state index in [0.717, 1.165) is 5.76 Å². The summed E-state index contributed by atoms with van der Waals surface area (Å²) in [4.78, 5) is 14.1. The molecule has 1 unspecified atom stereocenters. The third kappa shape index (κ3) is 3.29. The Balaban J connectivity index is 2.04. The summed E-state index contributed by atoms with van der Waals surface area (Å²) in [6.45, 7) is 2.38. The number of hydrogen-bond donors (Lipinski definition) is 0. The lowest BCUT2D eigenvalue weighted by Crippen LogP contribution is -2.35. The van der Waals surface area contributed by atoms with Crippen molar-refractivity contribution in [2.45, 2.75) is 19.5 Å². The summed E-state index contributed by atoms with van der Waals surface area (Å²) in [6, 6.07) is 9.00. The first-order chi connectivity index (χ1) is 9.08. The van der Waals surface area contributed by atoms with E-state index < -0.39 is 0 Å². The maximum atomic E-state index is 12.8. The number of rotatable bonds is 5. The molecule has 0 aliphatic carbocycles. The van der Waals surface area contributed by atoms with Gasteiger partial charge in [0.25, 0.3) is 0 Å². The van der Waals surface area contributed by atoms with Crippen LogP contribution >= 0.6 is 0 Å². The van der Waals surface area contributed by atoms with Crippen molar-refractivity contribution in [3.8, 4) is 0 Å². The number of benzene rings is 1. The van der Waals surface area contributed by atoms with E-state index in [2.05, 4.69) is 0 Å². The van der Waals surface area contributed by atoms with Crippen LogP contribution in [0.2, 0.25) is 0 Å². The molecule has 0 N–H and O–H groups in total. The molecule has 0 bridgehead atoms. The summed E-state index contributed by atoms with van der Waals surface area (Å²) >= 11 is 0. The predicted molar refractivity (Wildman–Crippen MR) is 70.4 cm³/mol. The molecule has 19 heavy (non-hydrogen) atoms. The van der Waals surface area contributed by atoms with E-state index in [-0.39, 0.29) is 17.6 Å².